The van der Waals surface area contributed by atoms with Crippen LogP contribution >= 0.6 is 0 Å². The Balaban J connectivity index is 2.13. The molecule has 0 radical (unpaired) electrons. The molecule has 0 aliphatic heterocycles. The van der Waals surface area contributed by atoms with Crippen LogP contribution in [0.15, 0.2) is 54.6 Å². The smallest absolute Gasteiger partial charge is 0.408 e. The molecule has 2 aromatic rings. The van der Waals surface area contributed by atoms with Gasteiger partial charge in [0.15, 0.2) is 6.10 Å². The Morgan fingerprint density at radius 1 is 1.03 bits per heavy atom. The van der Waals surface area contributed by atoms with Gasteiger partial charge in [0.1, 0.15) is 18.0 Å². The van der Waals surface area contributed by atoms with Gasteiger partial charge in [-0.3, -0.25) is 0 Å². The number of aliphatic hydroxyl groups is 1. The Bertz CT molecular complexity index is 814. The maximum atomic E-state index is 12.2. The molecule has 2 aromatic carbocycles. The fourth-order valence-corrected chi connectivity index (χ4v) is 2.66. The van der Waals surface area contributed by atoms with Crippen LogP contribution in [0.25, 0.3) is 0 Å². The quantitative estimate of drug-likeness (QED) is 0.638. The molecule has 7 heteroatoms. The molecule has 2 rings (SSSR count). The zero-order valence-electron chi connectivity index (χ0n) is 17.8. The lowest BCUT2D eigenvalue weighted by atomic mass is 10.0. The third kappa shape index (κ3) is 7.40. The molecule has 0 aliphatic carbocycles. The molecule has 0 aromatic heterocycles. The Morgan fingerprint density at radius 3 is 2.23 bits per heavy atom. The first-order valence-electron chi connectivity index (χ1n) is 9.80. The normalized spacial score (nSPS) is 13.1. The van der Waals surface area contributed by atoms with Gasteiger partial charge in [-0.15, -0.1) is 0 Å². The lowest BCUT2D eigenvalue weighted by Crippen LogP contribution is -2.43. The van der Waals surface area contributed by atoms with Gasteiger partial charge in [0.2, 0.25) is 0 Å². The van der Waals surface area contributed by atoms with Crippen LogP contribution in [-0.4, -0.2) is 35.5 Å². The van der Waals surface area contributed by atoms with E-state index >= 15 is 0 Å². The highest BCUT2D eigenvalue weighted by molar-refractivity contribution is 5.77. The fourth-order valence-electron chi connectivity index (χ4n) is 2.66. The van der Waals surface area contributed by atoms with Crippen LogP contribution in [0.2, 0.25) is 0 Å². The van der Waals surface area contributed by atoms with Crippen molar-refractivity contribution in [1.82, 2.24) is 5.32 Å². The highest BCUT2D eigenvalue weighted by Gasteiger charge is 2.31. The molecule has 0 fully saturated rings. The van der Waals surface area contributed by atoms with Gasteiger partial charge >= 0.3 is 12.1 Å². The van der Waals surface area contributed by atoms with Crippen LogP contribution in [0.4, 0.5) is 4.79 Å². The summed E-state index contributed by atoms with van der Waals surface area (Å²) < 4.78 is 15.9. The Labute approximate surface area is 177 Å². The average Bonchev–Trinajstić information content (AvgIpc) is 2.70. The number of amides is 1. The van der Waals surface area contributed by atoms with Crippen molar-refractivity contribution in [2.45, 2.75) is 52.0 Å². The molecule has 0 spiro atoms. The number of nitrogens with one attached hydrogen (secondary N) is 1. The number of rotatable bonds is 8. The molecular formula is C23H29NO6. The first-order valence-corrected chi connectivity index (χ1v) is 9.80. The van der Waals surface area contributed by atoms with Crippen molar-refractivity contribution in [2.24, 2.45) is 0 Å². The van der Waals surface area contributed by atoms with Gasteiger partial charge in [0.25, 0.3) is 0 Å². The van der Waals surface area contributed by atoms with E-state index in [1.54, 1.807) is 52.0 Å². The second kappa shape index (κ2) is 10.6. The molecule has 0 saturated carbocycles. The second-order valence-corrected chi connectivity index (χ2v) is 7.66. The predicted molar refractivity (Wildman–Crippen MR) is 112 cm³/mol. The Hall–Kier alpha value is -3.06. The Kier molecular flexibility index (Phi) is 8.24. The van der Waals surface area contributed by atoms with Gasteiger partial charge in [-0.25, -0.2) is 9.59 Å². The van der Waals surface area contributed by atoms with Gasteiger partial charge in [-0.1, -0.05) is 42.5 Å². The number of carbonyl (C=O) groups excluding carboxylic acids is 2. The molecule has 1 amide bonds. The first kappa shape index (κ1) is 23.2. The minimum Gasteiger partial charge on any atom is -0.489 e. The van der Waals surface area contributed by atoms with Crippen molar-refractivity contribution in [1.29, 1.82) is 0 Å². The van der Waals surface area contributed by atoms with Gasteiger partial charge in [-0.05, 0) is 51.0 Å². The highest BCUT2D eigenvalue weighted by atomic mass is 16.6. The SMILES string of the molecule is CCOC(=O)[C@H](O)[C@@H](NC(=O)OC(C)(C)C)c1ccc(OCc2ccccc2)cc1. The molecule has 2 atom stereocenters. The van der Waals surface area contributed by atoms with Gasteiger partial charge in [-0.2, -0.15) is 0 Å². The number of benzene rings is 2. The number of hydrogen-bond acceptors (Lipinski definition) is 6. The molecule has 30 heavy (non-hydrogen) atoms. The van der Waals surface area contributed by atoms with E-state index in [2.05, 4.69) is 5.32 Å². The minimum absolute atomic E-state index is 0.112. The maximum Gasteiger partial charge on any atom is 0.408 e. The number of ether oxygens (including phenoxy) is 3. The molecule has 162 valence electrons. The van der Waals surface area contributed by atoms with Crippen LogP contribution in [-0.2, 0) is 20.9 Å². The summed E-state index contributed by atoms with van der Waals surface area (Å²) in [6, 6.07) is 15.5. The van der Waals surface area contributed by atoms with E-state index in [0.29, 0.717) is 17.9 Å². The van der Waals surface area contributed by atoms with Crippen molar-refractivity contribution in [2.75, 3.05) is 6.61 Å². The Morgan fingerprint density at radius 2 is 1.67 bits per heavy atom. The van der Waals surface area contributed by atoms with Crippen molar-refractivity contribution in [3.8, 4) is 5.75 Å². The third-order valence-corrected chi connectivity index (χ3v) is 4.00. The maximum absolute atomic E-state index is 12.2. The van der Waals surface area contributed by atoms with Gasteiger partial charge < -0.3 is 24.6 Å². The number of hydrogen-bond donors (Lipinski definition) is 2. The standard InChI is InChI=1S/C23H29NO6/c1-5-28-21(26)20(25)19(24-22(27)30-23(2,3)4)17-11-13-18(14-12-17)29-15-16-9-7-6-8-10-16/h6-14,19-20,25H,5,15H2,1-4H3,(H,24,27)/t19-,20+/m0/s1. The molecule has 0 unspecified atom stereocenters. The topological polar surface area (TPSA) is 94.1 Å². The van der Waals surface area contributed by atoms with E-state index in [-0.39, 0.29) is 6.61 Å². The van der Waals surface area contributed by atoms with E-state index in [0.717, 1.165) is 5.56 Å². The van der Waals surface area contributed by atoms with E-state index in [4.69, 9.17) is 14.2 Å². The van der Waals surface area contributed by atoms with Crippen molar-refractivity contribution >= 4 is 12.1 Å². The van der Waals surface area contributed by atoms with E-state index in [9.17, 15) is 14.7 Å². The number of aliphatic hydroxyl groups excluding tert-OH is 1. The van der Waals surface area contributed by atoms with Crippen molar-refractivity contribution in [3.05, 3.63) is 65.7 Å². The minimum atomic E-state index is -1.59. The van der Waals surface area contributed by atoms with Crippen LogP contribution < -0.4 is 10.1 Å². The molecule has 2 N–H and O–H groups in total. The first-order chi connectivity index (χ1) is 14.2. The van der Waals surface area contributed by atoms with Crippen molar-refractivity contribution in [3.63, 3.8) is 0 Å². The number of carbonyl (C=O) groups is 2. The highest BCUT2D eigenvalue weighted by Crippen LogP contribution is 2.23. The van der Waals surface area contributed by atoms with E-state index in [1.165, 1.54) is 0 Å². The largest absolute Gasteiger partial charge is 0.489 e. The van der Waals surface area contributed by atoms with Crippen LogP contribution in [0.5, 0.6) is 5.75 Å². The molecule has 0 heterocycles. The van der Waals surface area contributed by atoms with E-state index < -0.39 is 29.8 Å². The van der Waals surface area contributed by atoms with Crippen molar-refractivity contribution < 1.29 is 28.9 Å². The lowest BCUT2D eigenvalue weighted by Gasteiger charge is -2.26. The molecule has 0 bridgehead atoms. The predicted octanol–water partition coefficient (Wildman–Crippen LogP) is 3.76. The summed E-state index contributed by atoms with van der Waals surface area (Å²) in [6.45, 7) is 7.33. The van der Waals surface area contributed by atoms with E-state index in [1.807, 2.05) is 30.3 Å². The van der Waals surface area contributed by atoms with Gasteiger partial charge in [0, 0.05) is 0 Å². The zero-order chi connectivity index (χ0) is 22.1. The average molecular weight is 415 g/mol. The van der Waals surface area contributed by atoms with Gasteiger partial charge in [0.05, 0.1) is 12.6 Å². The molecular weight excluding hydrogens is 386 g/mol. The summed E-state index contributed by atoms with van der Waals surface area (Å²) in [5.74, 6) is -0.216. The molecule has 0 aliphatic rings. The summed E-state index contributed by atoms with van der Waals surface area (Å²) >= 11 is 0. The molecule has 0 saturated heterocycles. The third-order valence-electron chi connectivity index (χ3n) is 4.00. The lowest BCUT2D eigenvalue weighted by molar-refractivity contribution is -0.154. The fraction of sp³-hybridized carbons (Fsp3) is 0.391. The number of alkyl carbamates (subject to hydrolysis) is 1. The summed E-state index contributed by atoms with van der Waals surface area (Å²) in [5, 5.41) is 13.0. The van der Waals surface area contributed by atoms with Crippen LogP contribution in [0.3, 0.4) is 0 Å². The number of esters is 1. The summed E-state index contributed by atoms with van der Waals surface area (Å²) in [7, 11) is 0. The summed E-state index contributed by atoms with van der Waals surface area (Å²) in [6.07, 6.45) is -2.34. The van der Waals surface area contributed by atoms with Crippen LogP contribution in [0, 0.1) is 0 Å². The summed E-state index contributed by atoms with van der Waals surface area (Å²) in [5.41, 5.74) is 0.816. The summed E-state index contributed by atoms with van der Waals surface area (Å²) in [4.78, 5) is 24.3. The monoisotopic (exact) mass is 415 g/mol. The zero-order valence-corrected chi connectivity index (χ0v) is 17.8. The second-order valence-electron chi connectivity index (χ2n) is 7.66. The molecule has 7 nitrogen and oxygen atoms in total. The van der Waals surface area contributed by atoms with Crippen LogP contribution in [0.1, 0.15) is 44.9 Å².